The molecule has 1 aliphatic heterocycles. The standard InChI is InChI=1S/C11H13NO4/c1-14-7-4-3-5-8(15-2)10(7)9-6-12-11(13)16-9/h3-5,9H,6H2,1-2H3,(H,12,13). The summed E-state index contributed by atoms with van der Waals surface area (Å²) in [6, 6.07) is 5.44. The molecule has 5 heteroatoms. The second-order valence-corrected chi connectivity index (χ2v) is 3.35. The normalized spacial score (nSPS) is 18.9. The Morgan fingerprint density at radius 2 is 1.94 bits per heavy atom. The highest BCUT2D eigenvalue weighted by Gasteiger charge is 2.29. The van der Waals surface area contributed by atoms with Gasteiger partial charge >= 0.3 is 6.09 Å². The minimum atomic E-state index is -0.419. The number of amides is 1. The van der Waals surface area contributed by atoms with Gasteiger partial charge in [0.25, 0.3) is 0 Å². The third-order valence-corrected chi connectivity index (χ3v) is 2.47. The molecule has 0 spiro atoms. The quantitative estimate of drug-likeness (QED) is 0.843. The molecular formula is C11H13NO4. The lowest BCUT2D eigenvalue weighted by atomic mass is 10.1. The van der Waals surface area contributed by atoms with Gasteiger partial charge in [-0.2, -0.15) is 0 Å². The number of carbonyl (C=O) groups is 1. The Bertz CT molecular complexity index is 383. The summed E-state index contributed by atoms with van der Waals surface area (Å²) in [5.74, 6) is 1.31. The van der Waals surface area contributed by atoms with Crippen LogP contribution < -0.4 is 14.8 Å². The summed E-state index contributed by atoms with van der Waals surface area (Å²) in [5, 5.41) is 2.60. The molecule has 86 valence electrons. The number of methoxy groups -OCH3 is 2. The molecule has 1 aromatic carbocycles. The van der Waals surface area contributed by atoms with Crippen LogP contribution in [-0.2, 0) is 4.74 Å². The predicted molar refractivity (Wildman–Crippen MR) is 56.8 cm³/mol. The Balaban J connectivity index is 2.40. The van der Waals surface area contributed by atoms with Crippen molar-refractivity contribution in [3.05, 3.63) is 23.8 Å². The maximum atomic E-state index is 11.0. The first-order valence-electron chi connectivity index (χ1n) is 4.91. The highest BCUT2D eigenvalue weighted by atomic mass is 16.6. The average molecular weight is 223 g/mol. The van der Waals surface area contributed by atoms with Crippen LogP contribution >= 0.6 is 0 Å². The maximum Gasteiger partial charge on any atom is 0.407 e. The van der Waals surface area contributed by atoms with Gasteiger partial charge in [0.2, 0.25) is 0 Å². The molecule has 1 amide bonds. The van der Waals surface area contributed by atoms with Gasteiger partial charge in [-0.05, 0) is 12.1 Å². The first-order valence-corrected chi connectivity index (χ1v) is 4.91. The molecule has 0 aromatic heterocycles. The summed E-state index contributed by atoms with van der Waals surface area (Å²) in [5.41, 5.74) is 0.755. The van der Waals surface area contributed by atoms with E-state index in [0.29, 0.717) is 18.0 Å². The van der Waals surface area contributed by atoms with Crippen molar-refractivity contribution in [2.45, 2.75) is 6.10 Å². The first kappa shape index (κ1) is 10.6. The van der Waals surface area contributed by atoms with Gasteiger partial charge in [-0.25, -0.2) is 4.79 Å². The monoisotopic (exact) mass is 223 g/mol. The van der Waals surface area contributed by atoms with Gasteiger partial charge in [0.15, 0.2) is 6.10 Å². The number of hydrogen-bond donors (Lipinski definition) is 1. The third kappa shape index (κ3) is 1.76. The van der Waals surface area contributed by atoms with E-state index in [1.54, 1.807) is 14.2 Å². The number of cyclic esters (lactones) is 1. The van der Waals surface area contributed by atoms with Crippen molar-refractivity contribution >= 4 is 6.09 Å². The number of alkyl carbamates (subject to hydrolysis) is 1. The zero-order chi connectivity index (χ0) is 11.5. The fraction of sp³-hybridized carbons (Fsp3) is 0.364. The fourth-order valence-corrected chi connectivity index (χ4v) is 1.75. The Kier molecular flexibility index (Phi) is 2.85. The number of rotatable bonds is 3. The minimum Gasteiger partial charge on any atom is -0.496 e. The number of benzene rings is 1. The lowest BCUT2D eigenvalue weighted by molar-refractivity contribution is 0.138. The third-order valence-electron chi connectivity index (χ3n) is 2.47. The first-order chi connectivity index (χ1) is 7.76. The summed E-state index contributed by atoms with van der Waals surface area (Å²) in [6.45, 7) is 0.426. The Morgan fingerprint density at radius 3 is 2.38 bits per heavy atom. The van der Waals surface area contributed by atoms with Crippen LogP contribution in [0.2, 0.25) is 0 Å². The van der Waals surface area contributed by atoms with Crippen LogP contribution in [-0.4, -0.2) is 26.9 Å². The van der Waals surface area contributed by atoms with Crippen molar-refractivity contribution in [1.82, 2.24) is 5.32 Å². The largest absolute Gasteiger partial charge is 0.496 e. The van der Waals surface area contributed by atoms with Crippen LogP contribution in [0.25, 0.3) is 0 Å². The predicted octanol–water partition coefficient (Wildman–Crippen LogP) is 1.48. The average Bonchev–Trinajstić information content (AvgIpc) is 2.74. The van der Waals surface area contributed by atoms with Crippen LogP contribution in [0, 0.1) is 0 Å². The topological polar surface area (TPSA) is 56.8 Å². The van der Waals surface area contributed by atoms with Gasteiger partial charge in [0, 0.05) is 0 Å². The van der Waals surface area contributed by atoms with Crippen molar-refractivity contribution in [3.8, 4) is 11.5 Å². The molecular weight excluding hydrogens is 210 g/mol. The summed E-state index contributed by atoms with van der Waals surface area (Å²) >= 11 is 0. The second kappa shape index (κ2) is 4.30. The Hall–Kier alpha value is -1.91. The Labute approximate surface area is 93.3 Å². The van der Waals surface area contributed by atoms with Crippen molar-refractivity contribution in [3.63, 3.8) is 0 Å². The molecule has 16 heavy (non-hydrogen) atoms. The van der Waals surface area contributed by atoms with E-state index in [2.05, 4.69) is 5.32 Å². The van der Waals surface area contributed by atoms with E-state index < -0.39 is 6.09 Å². The molecule has 2 rings (SSSR count). The number of hydrogen-bond acceptors (Lipinski definition) is 4. The lowest BCUT2D eigenvalue weighted by Gasteiger charge is -2.16. The van der Waals surface area contributed by atoms with E-state index in [0.717, 1.165) is 5.56 Å². The van der Waals surface area contributed by atoms with Crippen LogP contribution in [0.3, 0.4) is 0 Å². The van der Waals surface area contributed by atoms with Crippen LogP contribution in [0.5, 0.6) is 11.5 Å². The Morgan fingerprint density at radius 1 is 1.31 bits per heavy atom. The van der Waals surface area contributed by atoms with Gasteiger partial charge in [-0.15, -0.1) is 0 Å². The van der Waals surface area contributed by atoms with Crippen molar-refractivity contribution in [2.75, 3.05) is 20.8 Å². The molecule has 1 unspecified atom stereocenters. The number of carbonyl (C=O) groups excluding carboxylic acids is 1. The van der Waals surface area contributed by atoms with Crippen LogP contribution in [0.4, 0.5) is 4.79 Å². The molecule has 0 saturated carbocycles. The van der Waals surface area contributed by atoms with Crippen molar-refractivity contribution < 1.29 is 19.0 Å². The zero-order valence-electron chi connectivity index (χ0n) is 9.15. The van der Waals surface area contributed by atoms with Crippen molar-refractivity contribution in [2.24, 2.45) is 0 Å². The highest BCUT2D eigenvalue weighted by Crippen LogP contribution is 2.36. The molecule has 1 heterocycles. The number of ether oxygens (including phenoxy) is 3. The van der Waals surface area contributed by atoms with Crippen LogP contribution in [0.1, 0.15) is 11.7 Å². The summed E-state index contributed by atoms with van der Waals surface area (Å²) in [6.07, 6.45) is -0.781. The van der Waals surface area contributed by atoms with E-state index in [9.17, 15) is 4.79 Å². The highest BCUT2D eigenvalue weighted by molar-refractivity contribution is 5.70. The molecule has 0 aliphatic carbocycles. The molecule has 0 radical (unpaired) electrons. The van der Waals surface area contributed by atoms with E-state index in [-0.39, 0.29) is 6.10 Å². The molecule has 5 nitrogen and oxygen atoms in total. The van der Waals surface area contributed by atoms with Gasteiger partial charge in [0.05, 0.1) is 26.3 Å². The maximum absolute atomic E-state index is 11.0. The summed E-state index contributed by atoms with van der Waals surface area (Å²) < 4.78 is 15.6. The smallest absolute Gasteiger partial charge is 0.407 e. The number of nitrogens with one attached hydrogen (secondary N) is 1. The van der Waals surface area contributed by atoms with E-state index >= 15 is 0 Å². The lowest BCUT2D eigenvalue weighted by Crippen LogP contribution is -2.12. The fourth-order valence-electron chi connectivity index (χ4n) is 1.75. The second-order valence-electron chi connectivity index (χ2n) is 3.35. The van der Waals surface area contributed by atoms with E-state index in [4.69, 9.17) is 14.2 Å². The molecule has 1 atom stereocenters. The van der Waals surface area contributed by atoms with Gasteiger partial charge in [-0.1, -0.05) is 6.07 Å². The molecule has 1 fully saturated rings. The van der Waals surface area contributed by atoms with Crippen molar-refractivity contribution in [1.29, 1.82) is 0 Å². The summed E-state index contributed by atoms with van der Waals surface area (Å²) in [7, 11) is 3.14. The molecule has 1 N–H and O–H groups in total. The van der Waals surface area contributed by atoms with Crippen LogP contribution in [0.15, 0.2) is 18.2 Å². The molecule has 0 bridgehead atoms. The molecule has 1 saturated heterocycles. The van der Waals surface area contributed by atoms with E-state index in [1.807, 2.05) is 18.2 Å². The SMILES string of the molecule is COc1cccc(OC)c1C1CNC(=O)O1. The molecule has 1 aromatic rings. The van der Waals surface area contributed by atoms with Gasteiger partial charge in [-0.3, -0.25) is 0 Å². The summed E-state index contributed by atoms with van der Waals surface area (Å²) in [4.78, 5) is 11.0. The van der Waals surface area contributed by atoms with E-state index in [1.165, 1.54) is 0 Å². The van der Waals surface area contributed by atoms with Gasteiger partial charge in [0.1, 0.15) is 11.5 Å². The van der Waals surface area contributed by atoms with Gasteiger partial charge < -0.3 is 19.5 Å². The minimum absolute atomic E-state index is 0.362. The zero-order valence-corrected chi connectivity index (χ0v) is 9.15. The molecule has 1 aliphatic rings.